The molecule has 0 aromatic carbocycles. The largest absolute Gasteiger partial charge is 0.472 e. The Kier molecular flexibility index (Phi) is 62.7. The Morgan fingerprint density at radius 3 is 0.747 bits per heavy atom. The summed E-state index contributed by atoms with van der Waals surface area (Å²) in [5.74, 6) is -0.749. The van der Waals surface area contributed by atoms with Crippen molar-refractivity contribution < 1.29 is 80.2 Å². The Balaban J connectivity index is 5.22. The number of aliphatic hydroxyl groups excluding tert-OH is 1. The molecule has 0 rings (SSSR count). The van der Waals surface area contributed by atoms with Crippen molar-refractivity contribution in [1.82, 2.24) is 0 Å². The van der Waals surface area contributed by atoms with Crippen molar-refractivity contribution in [1.29, 1.82) is 0 Å². The molecule has 0 aliphatic rings. The minimum absolute atomic E-state index is 0.103. The van der Waals surface area contributed by atoms with Crippen LogP contribution in [0.5, 0.6) is 0 Å². The summed E-state index contributed by atoms with van der Waals surface area (Å²) in [6.45, 7) is 9.42. The lowest BCUT2D eigenvalue weighted by atomic mass is 10.0. The van der Waals surface area contributed by atoms with Gasteiger partial charge in [-0.05, 0) is 37.5 Å². The van der Waals surface area contributed by atoms with Gasteiger partial charge in [-0.1, -0.05) is 318 Å². The van der Waals surface area contributed by atoms with Gasteiger partial charge in [-0.2, -0.15) is 0 Å². The van der Waals surface area contributed by atoms with E-state index in [4.69, 9.17) is 37.0 Å². The predicted octanol–water partition coefficient (Wildman–Crippen LogP) is 20.8. The third-order valence-electron chi connectivity index (χ3n) is 16.7. The number of rotatable bonds is 71. The standard InChI is InChI=1S/C72H140O17P2/c1-7-9-11-13-15-17-19-21-23-25-27-29-31-35-42-48-54-69(74)82-60-67(88-71(76)56-50-44-36-32-30-28-26-24-22-20-18-16-14-12-10-8-2)62-86-90(78,79)84-58-66(73)59-85-91(80,81)87-63-68(61-83-70(75)55-49-43-39-38-41-47-53-65(5)6)89-72(77)57-51-45-37-33-34-40-46-52-64(3)4/h64-68,73H,7-63H2,1-6H3,(H,78,79)(H,80,81)/t66-,67-,68-/m1/s1. The van der Waals surface area contributed by atoms with Crippen LogP contribution >= 0.6 is 15.6 Å². The zero-order valence-corrected chi connectivity index (χ0v) is 60.9. The molecule has 0 bridgehead atoms. The van der Waals surface area contributed by atoms with Gasteiger partial charge in [0, 0.05) is 25.7 Å². The molecule has 3 N–H and O–H groups in total. The molecule has 5 atom stereocenters. The zero-order valence-electron chi connectivity index (χ0n) is 59.1. The fraction of sp³-hybridized carbons (Fsp3) is 0.944. The Morgan fingerprint density at radius 1 is 0.297 bits per heavy atom. The third-order valence-corrected chi connectivity index (χ3v) is 18.6. The number of phosphoric acid groups is 2. The molecular weight excluding hydrogens is 1200 g/mol. The number of carbonyl (C=O) groups excluding carboxylic acids is 4. The normalized spacial score (nSPS) is 14.1. The van der Waals surface area contributed by atoms with Crippen molar-refractivity contribution >= 4 is 39.5 Å². The molecule has 0 amide bonds. The number of hydrogen-bond acceptors (Lipinski definition) is 15. The highest BCUT2D eigenvalue weighted by Gasteiger charge is 2.30. The maximum atomic E-state index is 13.0. The van der Waals surface area contributed by atoms with Gasteiger partial charge < -0.3 is 33.8 Å². The van der Waals surface area contributed by atoms with Crippen molar-refractivity contribution in [3.05, 3.63) is 0 Å². The van der Waals surface area contributed by atoms with Crippen molar-refractivity contribution in [2.24, 2.45) is 11.8 Å². The number of esters is 4. The first kappa shape index (κ1) is 89.1. The molecule has 0 heterocycles. The van der Waals surface area contributed by atoms with Crippen molar-refractivity contribution in [3.63, 3.8) is 0 Å². The summed E-state index contributed by atoms with van der Waals surface area (Å²) in [5, 5.41) is 10.6. The van der Waals surface area contributed by atoms with Crippen LogP contribution in [0.3, 0.4) is 0 Å². The van der Waals surface area contributed by atoms with Crippen molar-refractivity contribution in [3.8, 4) is 0 Å². The van der Waals surface area contributed by atoms with E-state index in [9.17, 15) is 43.2 Å². The molecule has 0 fully saturated rings. The molecule has 0 aliphatic heterocycles. The molecule has 91 heavy (non-hydrogen) atoms. The van der Waals surface area contributed by atoms with Crippen molar-refractivity contribution in [2.75, 3.05) is 39.6 Å². The summed E-state index contributed by atoms with van der Waals surface area (Å²) in [6.07, 6.45) is 50.2. The van der Waals surface area contributed by atoms with E-state index in [0.717, 1.165) is 96.3 Å². The first-order chi connectivity index (χ1) is 43.9. The number of phosphoric ester groups is 2. The third kappa shape index (κ3) is 66.5. The first-order valence-electron chi connectivity index (χ1n) is 37.5. The van der Waals surface area contributed by atoms with E-state index in [1.54, 1.807) is 0 Å². The molecule has 19 heteroatoms. The summed E-state index contributed by atoms with van der Waals surface area (Å²) in [5.41, 5.74) is 0. The molecule has 0 saturated carbocycles. The Labute approximate surface area is 556 Å². The molecule has 540 valence electrons. The van der Waals surface area contributed by atoms with Gasteiger partial charge in [0.05, 0.1) is 26.4 Å². The summed E-state index contributed by atoms with van der Waals surface area (Å²) in [6, 6.07) is 0. The fourth-order valence-electron chi connectivity index (χ4n) is 10.9. The number of carbonyl (C=O) groups is 4. The maximum absolute atomic E-state index is 13.0. The van der Waals surface area contributed by atoms with Gasteiger partial charge in [-0.15, -0.1) is 0 Å². The molecule has 0 saturated heterocycles. The highest BCUT2D eigenvalue weighted by atomic mass is 31.2. The maximum Gasteiger partial charge on any atom is 0.472 e. The number of ether oxygens (including phenoxy) is 4. The van der Waals surface area contributed by atoms with E-state index in [1.807, 2.05) is 0 Å². The quantitative estimate of drug-likeness (QED) is 0.0222. The lowest BCUT2D eigenvalue weighted by molar-refractivity contribution is -0.161. The minimum Gasteiger partial charge on any atom is -0.462 e. The van der Waals surface area contributed by atoms with E-state index in [1.165, 1.54) is 180 Å². The van der Waals surface area contributed by atoms with Gasteiger partial charge in [-0.25, -0.2) is 9.13 Å². The smallest absolute Gasteiger partial charge is 0.462 e. The number of hydrogen-bond donors (Lipinski definition) is 3. The molecule has 0 aromatic rings. The Bertz CT molecular complexity index is 1770. The fourth-order valence-corrected chi connectivity index (χ4v) is 12.5. The molecule has 0 aliphatic carbocycles. The molecule has 0 spiro atoms. The average Bonchev–Trinajstić information content (AvgIpc) is 3.48. The van der Waals surface area contributed by atoms with E-state index >= 15 is 0 Å². The van der Waals surface area contributed by atoms with Gasteiger partial charge in [0.15, 0.2) is 12.2 Å². The van der Waals surface area contributed by atoms with Gasteiger partial charge in [0.25, 0.3) is 0 Å². The lowest BCUT2D eigenvalue weighted by Crippen LogP contribution is -2.30. The first-order valence-corrected chi connectivity index (χ1v) is 40.5. The Morgan fingerprint density at radius 2 is 0.505 bits per heavy atom. The van der Waals surface area contributed by atoms with Crippen LogP contribution in [-0.4, -0.2) is 96.7 Å². The highest BCUT2D eigenvalue weighted by molar-refractivity contribution is 7.47. The zero-order chi connectivity index (χ0) is 67.2. The van der Waals surface area contributed by atoms with Crippen molar-refractivity contribution in [2.45, 2.75) is 387 Å². The highest BCUT2D eigenvalue weighted by Crippen LogP contribution is 2.45. The molecule has 0 aromatic heterocycles. The number of aliphatic hydroxyl groups is 1. The number of unbranched alkanes of at least 4 members (excludes halogenated alkanes) is 41. The minimum atomic E-state index is -4.95. The SMILES string of the molecule is CCCCCCCCCCCCCCCCCCC(=O)OC[C@H](COP(=O)(O)OC[C@@H](O)COP(=O)(O)OC[C@@H](COC(=O)CCCCCCCCC(C)C)OC(=O)CCCCCCCCCC(C)C)OC(=O)CCCCCCCCCCCCCCCCCC. The van der Waals surface area contributed by atoms with E-state index < -0.39 is 97.5 Å². The molecule has 2 unspecified atom stereocenters. The van der Waals surface area contributed by atoms with Crippen LogP contribution < -0.4 is 0 Å². The van der Waals surface area contributed by atoms with E-state index in [0.29, 0.717) is 37.5 Å². The van der Waals surface area contributed by atoms with Crippen LogP contribution in [0.2, 0.25) is 0 Å². The van der Waals surface area contributed by atoms with Crippen LogP contribution in [0, 0.1) is 11.8 Å². The van der Waals surface area contributed by atoms with Crippen LogP contribution in [0.1, 0.15) is 369 Å². The van der Waals surface area contributed by atoms with Crippen LogP contribution in [0.15, 0.2) is 0 Å². The molecular formula is C72H140O17P2. The second kappa shape index (κ2) is 64.1. The Hall–Kier alpha value is -1.94. The average molecular weight is 1340 g/mol. The topological polar surface area (TPSA) is 237 Å². The molecule has 0 radical (unpaired) electrons. The van der Waals surface area contributed by atoms with Crippen LogP contribution in [0.4, 0.5) is 0 Å². The lowest BCUT2D eigenvalue weighted by Gasteiger charge is -2.21. The molecule has 17 nitrogen and oxygen atoms in total. The van der Waals surface area contributed by atoms with E-state index in [2.05, 4.69) is 41.5 Å². The van der Waals surface area contributed by atoms with Gasteiger partial charge >= 0.3 is 39.5 Å². The predicted molar refractivity (Wildman–Crippen MR) is 368 cm³/mol. The van der Waals surface area contributed by atoms with Gasteiger partial charge in [0.2, 0.25) is 0 Å². The summed E-state index contributed by atoms with van der Waals surface area (Å²) in [4.78, 5) is 72.6. The van der Waals surface area contributed by atoms with Gasteiger partial charge in [-0.3, -0.25) is 37.3 Å². The summed E-state index contributed by atoms with van der Waals surface area (Å²) >= 11 is 0. The summed E-state index contributed by atoms with van der Waals surface area (Å²) in [7, 11) is -9.90. The van der Waals surface area contributed by atoms with Crippen LogP contribution in [0.25, 0.3) is 0 Å². The second-order valence-electron chi connectivity index (χ2n) is 26.9. The second-order valence-corrected chi connectivity index (χ2v) is 29.8. The monoisotopic (exact) mass is 1340 g/mol. The van der Waals surface area contributed by atoms with Crippen LogP contribution in [-0.2, 0) is 65.4 Å². The van der Waals surface area contributed by atoms with Gasteiger partial charge in [0.1, 0.15) is 19.3 Å². The van der Waals surface area contributed by atoms with E-state index in [-0.39, 0.29) is 25.7 Å². The summed E-state index contributed by atoms with van der Waals surface area (Å²) < 4.78 is 68.3.